The third kappa shape index (κ3) is 3.41. The first kappa shape index (κ1) is 20.8. The van der Waals surface area contributed by atoms with E-state index in [0.717, 1.165) is 10.5 Å². The van der Waals surface area contributed by atoms with Crippen LogP contribution >= 0.6 is 0 Å². The van der Waals surface area contributed by atoms with Gasteiger partial charge in [-0.05, 0) is 50.3 Å². The Morgan fingerprint density at radius 3 is 2.58 bits per heavy atom. The van der Waals surface area contributed by atoms with Crippen molar-refractivity contribution in [2.45, 2.75) is 45.6 Å². The molecule has 1 aliphatic carbocycles. The van der Waals surface area contributed by atoms with E-state index in [0.29, 0.717) is 36.1 Å². The number of hydrogen-bond donors (Lipinski definition) is 2. The van der Waals surface area contributed by atoms with Crippen LogP contribution in [-0.2, 0) is 22.4 Å². The highest BCUT2D eigenvalue weighted by Crippen LogP contribution is 2.33. The zero-order valence-corrected chi connectivity index (χ0v) is 17.8. The lowest BCUT2D eigenvalue weighted by atomic mass is 9.78. The van der Waals surface area contributed by atoms with Gasteiger partial charge in [-0.15, -0.1) is 0 Å². The van der Waals surface area contributed by atoms with E-state index in [4.69, 9.17) is 4.74 Å². The van der Waals surface area contributed by atoms with Crippen LogP contribution in [0.4, 0.5) is 4.79 Å². The van der Waals surface area contributed by atoms with E-state index in [1.54, 1.807) is 20.8 Å². The summed E-state index contributed by atoms with van der Waals surface area (Å²) in [5, 5.41) is 2.83. The summed E-state index contributed by atoms with van der Waals surface area (Å²) < 4.78 is 5.06. The molecule has 31 heavy (non-hydrogen) atoms. The van der Waals surface area contributed by atoms with Crippen LogP contribution < -0.4 is 5.32 Å². The highest BCUT2D eigenvalue weighted by atomic mass is 16.5. The minimum atomic E-state index is -1.01. The second kappa shape index (κ2) is 7.68. The van der Waals surface area contributed by atoms with Crippen molar-refractivity contribution in [2.75, 3.05) is 13.2 Å². The Kier molecular flexibility index (Phi) is 5.16. The first-order chi connectivity index (χ1) is 14.8. The number of rotatable bonds is 5. The minimum absolute atomic E-state index is 0.205. The van der Waals surface area contributed by atoms with E-state index < -0.39 is 29.9 Å². The van der Waals surface area contributed by atoms with Crippen LogP contribution in [0.3, 0.4) is 0 Å². The van der Waals surface area contributed by atoms with Gasteiger partial charge in [-0.2, -0.15) is 0 Å². The van der Waals surface area contributed by atoms with Gasteiger partial charge in [0.2, 0.25) is 0 Å². The molecule has 1 spiro atoms. The van der Waals surface area contributed by atoms with E-state index in [9.17, 15) is 19.2 Å². The van der Waals surface area contributed by atoms with Gasteiger partial charge in [0.1, 0.15) is 5.54 Å². The number of amides is 3. The number of carbonyl (C=O) groups is 4. The molecule has 4 rings (SSSR count). The highest BCUT2D eigenvalue weighted by molar-refractivity contribution is 6.12. The predicted molar refractivity (Wildman–Crippen MR) is 112 cm³/mol. The van der Waals surface area contributed by atoms with Crippen molar-refractivity contribution in [1.82, 2.24) is 15.2 Å². The van der Waals surface area contributed by atoms with Crippen LogP contribution in [0.1, 0.15) is 56.6 Å². The normalized spacial score (nSPS) is 20.0. The number of aromatic amines is 1. The van der Waals surface area contributed by atoms with Crippen LogP contribution in [-0.4, -0.2) is 52.3 Å². The molecule has 0 radical (unpaired) electrons. The van der Waals surface area contributed by atoms with Gasteiger partial charge in [0.15, 0.2) is 5.78 Å². The van der Waals surface area contributed by atoms with Crippen molar-refractivity contribution in [2.24, 2.45) is 0 Å². The third-order valence-corrected chi connectivity index (χ3v) is 6.18. The number of urea groups is 1. The van der Waals surface area contributed by atoms with Crippen molar-refractivity contribution in [1.29, 1.82) is 0 Å². The Morgan fingerprint density at radius 1 is 1.16 bits per heavy atom. The van der Waals surface area contributed by atoms with Crippen molar-refractivity contribution in [3.63, 3.8) is 0 Å². The van der Waals surface area contributed by atoms with Gasteiger partial charge < -0.3 is 15.0 Å². The molecule has 1 aromatic carbocycles. The molecular weight excluding hydrogens is 398 g/mol. The molecule has 2 N–H and O–H groups in total. The quantitative estimate of drug-likeness (QED) is 0.436. The topological polar surface area (TPSA) is 109 Å². The molecule has 2 heterocycles. The van der Waals surface area contributed by atoms with E-state index in [-0.39, 0.29) is 18.2 Å². The highest BCUT2D eigenvalue weighted by Gasteiger charge is 2.52. The molecule has 1 unspecified atom stereocenters. The van der Waals surface area contributed by atoms with Crippen molar-refractivity contribution >= 4 is 23.7 Å². The Bertz CT molecular complexity index is 1100. The molecule has 1 saturated heterocycles. The fraction of sp³-hybridized carbons (Fsp3) is 0.391. The van der Waals surface area contributed by atoms with Gasteiger partial charge in [0, 0.05) is 12.1 Å². The SMILES string of the molecule is CCOC(=O)c1c(C)[nH]c(C(=O)CN2C(=O)NC3(CCc4ccccc4C3)C2=O)c1C. The molecule has 1 fully saturated rings. The summed E-state index contributed by atoms with van der Waals surface area (Å²) in [7, 11) is 0. The molecule has 8 heteroatoms. The first-order valence-electron chi connectivity index (χ1n) is 10.4. The van der Waals surface area contributed by atoms with Crippen LogP contribution in [0.15, 0.2) is 24.3 Å². The lowest BCUT2D eigenvalue weighted by molar-refractivity contribution is -0.131. The number of benzene rings is 1. The number of fused-ring (bicyclic) bond motifs is 1. The largest absolute Gasteiger partial charge is 0.462 e. The fourth-order valence-corrected chi connectivity index (χ4v) is 4.61. The van der Waals surface area contributed by atoms with Crippen LogP contribution in [0.5, 0.6) is 0 Å². The van der Waals surface area contributed by atoms with Gasteiger partial charge in [-0.1, -0.05) is 24.3 Å². The smallest absolute Gasteiger partial charge is 0.340 e. The number of aryl methyl sites for hydroxylation is 2. The molecule has 8 nitrogen and oxygen atoms in total. The standard InChI is InChI=1S/C23H25N3O5/c1-4-31-20(28)18-13(2)19(24-14(18)3)17(27)12-26-21(29)23(25-22(26)30)10-9-15-7-5-6-8-16(15)11-23/h5-8,24H,4,9-12H2,1-3H3,(H,25,30). The molecular formula is C23H25N3O5. The zero-order chi connectivity index (χ0) is 22.3. The molecule has 1 aromatic heterocycles. The molecule has 0 bridgehead atoms. The van der Waals surface area contributed by atoms with Crippen LogP contribution in [0.25, 0.3) is 0 Å². The summed E-state index contributed by atoms with van der Waals surface area (Å²) in [6.07, 6.45) is 1.58. The van der Waals surface area contributed by atoms with Gasteiger partial charge in [-0.25, -0.2) is 9.59 Å². The predicted octanol–water partition coefficient (Wildman–Crippen LogP) is 2.47. The number of nitrogens with one attached hydrogen (secondary N) is 2. The number of nitrogens with zero attached hydrogens (tertiary/aromatic N) is 1. The summed E-state index contributed by atoms with van der Waals surface area (Å²) in [4.78, 5) is 54.9. The lowest BCUT2D eigenvalue weighted by Gasteiger charge is -2.32. The van der Waals surface area contributed by atoms with Crippen molar-refractivity contribution < 1.29 is 23.9 Å². The first-order valence-corrected chi connectivity index (χ1v) is 10.4. The van der Waals surface area contributed by atoms with Gasteiger partial charge >= 0.3 is 12.0 Å². The molecule has 1 aliphatic heterocycles. The second-order valence-electron chi connectivity index (χ2n) is 8.12. The Morgan fingerprint density at radius 2 is 1.87 bits per heavy atom. The third-order valence-electron chi connectivity index (χ3n) is 6.18. The van der Waals surface area contributed by atoms with Gasteiger partial charge in [0.05, 0.1) is 24.4 Å². The zero-order valence-electron chi connectivity index (χ0n) is 17.8. The number of imide groups is 1. The monoisotopic (exact) mass is 423 g/mol. The maximum atomic E-state index is 13.2. The van der Waals surface area contributed by atoms with E-state index in [1.807, 2.05) is 24.3 Å². The summed E-state index contributed by atoms with van der Waals surface area (Å²) in [5.74, 6) is -1.33. The average molecular weight is 423 g/mol. The van der Waals surface area contributed by atoms with Gasteiger partial charge in [0.25, 0.3) is 5.91 Å². The summed E-state index contributed by atoms with van der Waals surface area (Å²) >= 11 is 0. The molecule has 162 valence electrons. The van der Waals surface area contributed by atoms with E-state index in [1.165, 1.54) is 5.56 Å². The van der Waals surface area contributed by atoms with Crippen molar-refractivity contribution in [3.05, 3.63) is 57.9 Å². The number of carbonyl (C=O) groups excluding carboxylic acids is 4. The lowest BCUT2D eigenvalue weighted by Crippen LogP contribution is -2.51. The maximum Gasteiger partial charge on any atom is 0.340 e. The number of aromatic nitrogens is 1. The van der Waals surface area contributed by atoms with Crippen LogP contribution in [0.2, 0.25) is 0 Å². The average Bonchev–Trinajstić information content (AvgIpc) is 3.15. The number of esters is 1. The fourth-order valence-electron chi connectivity index (χ4n) is 4.61. The molecule has 3 amide bonds. The molecule has 0 saturated carbocycles. The number of Topliss-reactive ketones (excluding diaryl/α,β-unsaturated/α-hetero) is 1. The Hall–Kier alpha value is -3.42. The van der Waals surface area contributed by atoms with E-state index >= 15 is 0 Å². The van der Waals surface area contributed by atoms with Crippen LogP contribution in [0, 0.1) is 13.8 Å². The minimum Gasteiger partial charge on any atom is -0.462 e. The Balaban J connectivity index is 1.55. The maximum absolute atomic E-state index is 13.2. The number of H-pyrrole nitrogens is 1. The number of ether oxygens (including phenoxy) is 1. The summed E-state index contributed by atoms with van der Waals surface area (Å²) in [6, 6.07) is 7.30. The van der Waals surface area contributed by atoms with Gasteiger partial charge in [-0.3, -0.25) is 14.5 Å². The summed E-state index contributed by atoms with van der Waals surface area (Å²) in [5.41, 5.74) is 2.67. The number of hydrogen-bond acceptors (Lipinski definition) is 5. The van der Waals surface area contributed by atoms with Crippen molar-refractivity contribution in [3.8, 4) is 0 Å². The second-order valence-corrected chi connectivity index (χ2v) is 8.12. The Labute approximate surface area is 179 Å². The number of ketones is 1. The summed E-state index contributed by atoms with van der Waals surface area (Å²) in [6.45, 7) is 4.86. The van der Waals surface area contributed by atoms with E-state index in [2.05, 4.69) is 10.3 Å². The molecule has 2 aromatic rings. The molecule has 1 atom stereocenters. The molecule has 2 aliphatic rings.